The third-order valence-corrected chi connectivity index (χ3v) is 4.97. The molecule has 2 N–H and O–H groups in total. The van der Waals surface area contributed by atoms with Crippen LogP contribution < -0.4 is 10.6 Å². The fourth-order valence-electron chi connectivity index (χ4n) is 3.26. The summed E-state index contributed by atoms with van der Waals surface area (Å²) in [5, 5.41) is 0. The van der Waals surface area contributed by atoms with Gasteiger partial charge in [-0.1, -0.05) is 39.8 Å². The van der Waals surface area contributed by atoms with Crippen LogP contribution in [0.5, 0.6) is 0 Å². The minimum Gasteiger partial charge on any atom is -0.344 e. The summed E-state index contributed by atoms with van der Waals surface area (Å²) in [5.41, 5.74) is 7.71. The highest BCUT2D eigenvalue weighted by Gasteiger charge is 2.39. The molecule has 5 nitrogen and oxygen atoms in total. The zero-order chi connectivity index (χ0) is 18.8. The van der Waals surface area contributed by atoms with Crippen LogP contribution in [0.3, 0.4) is 0 Å². The highest BCUT2D eigenvalue weighted by molar-refractivity contribution is 6.09. The molecule has 1 aliphatic rings. The zero-order valence-electron chi connectivity index (χ0n) is 16.5. The number of nitrogens with zero attached hydrogens (tertiary/aromatic N) is 2. The first-order chi connectivity index (χ1) is 11.7. The Morgan fingerprint density at radius 3 is 2.38 bits per heavy atom. The summed E-state index contributed by atoms with van der Waals surface area (Å²) in [7, 11) is 1.76. The molecule has 0 bridgehead atoms. The first-order valence-corrected chi connectivity index (χ1v) is 9.02. The number of rotatable bonds is 6. The molecule has 0 aromatic heterocycles. The van der Waals surface area contributed by atoms with Gasteiger partial charge in [0, 0.05) is 25.8 Å². The maximum Gasteiger partial charge on any atom is 0.239 e. The van der Waals surface area contributed by atoms with Crippen molar-refractivity contribution in [2.75, 3.05) is 31.6 Å². The van der Waals surface area contributed by atoms with Crippen molar-refractivity contribution in [3.8, 4) is 0 Å². The minimum absolute atomic E-state index is 0. The lowest BCUT2D eigenvalue weighted by molar-refractivity contribution is -0.139. The van der Waals surface area contributed by atoms with Crippen molar-refractivity contribution in [3.05, 3.63) is 29.8 Å². The lowest BCUT2D eigenvalue weighted by Crippen LogP contribution is -2.44. The molecule has 1 saturated heterocycles. The van der Waals surface area contributed by atoms with E-state index in [-0.39, 0.29) is 29.6 Å². The summed E-state index contributed by atoms with van der Waals surface area (Å²) in [6.45, 7) is 9.97. The highest BCUT2D eigenvalue weighted by atomic mass is 35.5. The van der Waals surface area contributed by atoms with Crippen LogP contribution in [0.4, 0.5) is 5.69 Å². The van der Waals surface area contributed by atoms with Crippen LogP contribution in [0.25, 0.3) is 0 Å². The summed E-state index contributed by atoms with van der Waals surface area (Å²) in [6.07, 6.45) is 0.566. The number of hydrogen-bond acceptors (Lipinski definition) is 3. The Kier molecular flexibility index (Phi) is 7.66. The summed E-state index contributed by atoms with van der Waals surface area (Å²) in [4.78, 5) is 28.9. The topological polar surface area (TPSA) is 66.6 Å². The van der Waals surface area contributed by atoms with Gasteiger partial charge in [-0.2, -0.15) is 0 Å². The largest absolute Gasteiger partial charge is 0.344 e. The molecule has 1 atom stereocenters. The van der Waals surface area contributed by atoms with E-state index in [1.807, 2.05) is 26.0 Å². The van der Waals surface area contributed by atoms with Crippen LogP contribution in [-0.2, 0) is 9.59 Å². The van der Waals surface area contributed by atoms with E-state index in [2.05, 4.69) is 26.0 Å². The monoisotopic (exact) mass is 381 g/mol. The molecule has 0 aliphatic carbocycles. The first-order valence-electron chi connectivity index (χ1n) is 9.02. The summed E-state index contributed by atoms with van der Waals surface area (Å²) >= 11 is 0. The molecule has 1 aliphatic heterocycles. The molecule has 2 rings (SSSR count). The molecule has 1 fully saturated rings. The standard InChI is InChI=1S/C20H31N3O2.ClH/c1-14(2)15-6-8-16(9-7-15)23-11-10-17(19(23)25)18(24)22(5)13-20(3,4)12-21;/h6-9,14,17H,10-13,21H2,1-5H3;1H. The van der Waals surface area contributed by atoms with E-state index in [1.54, 1.807) is 16.8 Å². The number of nitrogens with two attached hydrogens (primary N) is 1. The molecule has 2 amide bonds. The lowest BCUT2D eigenvalue weighted by Gasteiger charge is -2.30. The average Bonchev–Trinajstić information content (AvgIpc) is 2.95. The Morgan fingerprint density at radius 2 is 1.88 bits per heavy atom. The average molecular weight is 382 g/mol. The molecule has 0 saturated carbocycles. The Morgan fingerprint density at radius 1 is 1.31 bits per heavy atom. The molecular formula is C20H32ClN3O2. The van der Waals surface area contributed by atoms with Crippen molar-refractivity contribution in [1.29, 1.82) is 0 Å². The van der Waals surface area contributed by atoms with Gasteiger partial charge in [-0.05, 0) is 42.0 Å². The minimum atomic E-state index is -0.580. The Bertz CT molecular complexity index is 628. The normalized spacial score (nSPS) is 17.4. The van der Waals surface area contributed by atoms with E-state index in [9.17, 15) is 9.59 Å². The maximum absolute atomic E-state index is 12.8. The summed E-state index contributed by atoms with van der Waals surface area (Å²) in [5.74, 6) is -0.326. The Balaban J connectivity index is 0.00000338. The van der Waals surface area contributed by atoms with Crippen LogP contribution >= 0.6 is 12.4 Å². The molecule has 1 unspecified atom stereocenters. The van der Waals surface area contributed by atoms with Crippen molar-refractivity contribution in [2.45, 2.75) is 40.0 Å². The first kappa shape index (κ1) is 22.5. The smallest absolute Gasteiger partial charge is 0.239 e. The third kappa shape index (κ3) is 4.98. The van der Waals surface area contributed by atoms with Crippen LogP contribution in [0.2, 0.25) is 0 Å². The van der Waals surface area contributed by atoms with Crippen molar-refractivity contribution < 1.29 is 9.59 Å². The number of amides is 2. The quantitative estimate of drug-likeness (QED) is 0.770. The molecule has 1 aromatic rings. The number of benzene rings is 1. The van der Waals surface area contributed by atoms with Crippen molar-refractivity contribution in [2.24, 2.45) is 17.1 Å². The molecule has 1 heterocycles. The van der Waals surface area contributed by atoms with Crippen molar-refractivity contribution >= 4 is 29.9 Å². The number of halogens is 1. The molecule has 26 heavy (non-hydrogen) atoms. The van der Waals surface area contributed by atoms with E-state index in [0.29, 0.717) is 32.0 Å². The van der Waals surface area contributed by atoms with Gasteiger partial charge in [-0.3, -0.25) is 9.59 Å². The highest BCUT2D eigenvalue weighted by Crippen LogP contribution is 2.28. The molecule has 146 valence electrons. The fourth-order valence-corrected chi connectivity index (χ4v) is 3.26. The molecule has 0 radical (unpaired) electrons. The second-order valence-electron chi connectivity index (χ2n) is 8.14. The van der Waals surface area contributed by atoms with Gasteiger partial charge in [0.15, 0.2) is 0 Å². The van der Waals surface area contributed by atoms with Gasteiger partial charge in [0.05, 0.1) is 0 Å². The van der Waals surface area contributed by atoms with Gasteiger partial charge in [0.2, 0.25) is 11.8 Å². The lowest BCUT2D eigenvalue weighted by atomic mass is 9.92. The van der Waals surface area contributed by atoms with Crippen LogP contribution in [0.15, 0.2) is 24.3 Å². The Labute approximate surface area is 163 Å². The van der Waals surface area contributed by atoms with Gasteiger partial charge >= 0.3 is 0 Å². The number of carbonyl (C=O) groups is 2. The van der Waals surface area contributed by atoms with E-state index in [0.717, 1.165) is 5.69 Å². The molecule has 0 spiro atoms. The maximum atomic E-state index is 12.8. The predicted molar refractivity (Wildman–Crippen MR) is 109 cm³/mol. The summed E-state index contributed by atoms with van der Waals surface area (Å²) in [6, 6.07) is 8.05. The van der Waals surface area contributed by atoms with E-state index in [1.165, 1.54) is 5.56 Å². The van der Waals surface area contributed by atoms with E-state index < -0.39 is 5.92 Å². The van der Waals surface area contributed by atoms with Gasteiger partial charge in [0.25, 0.3) is 0 Å². The second-order valence-corrected chi connectivity index (χ2v) is 8.14. The molecule has 1 aromatic carbocycles. The van der Waals surface area contributed by atoms with Gasteiger partial charge < -0.3 is 15.5 Å². The number of hydrogen-bond donors (Lipinski definition) is 1. The van der Waals surface area contributed by atoms with Gasteiger partial charge in [-0.15, -0.1) is 12.4 Å². The van der Waals surface area contributed by atoms with Gasteiger partial charge in [0.1, 0.15) is 5.92 Å². The number of anilines is 1. The SMILES string of the molecule is CC(C)c1ccc(N2CCC(C(=O)N(C)CC(C)(C)CN)C2=O)cc1.Cl. The van der Waals surface area contributed by atoms with Crippen LogP contribution in [-0.4, -0.2) is 43.4 Å². The fraction of sp³-hybridized carbons (Fsp3) is 0.600. The second kappa shape index (κ2) is 8.87. The summed E-state index contributed by atoms with van der Waals surface area (Å²) < 4.78 is 0. The number of carbonyl (C=O) groups excluding carboxylic acids is 2. The predicted octanol–water partition coefficient (Wildman–Crippen LogP) is 3.03. The van der Waals surface area contributed by atoms with Crippen molar-refractivity contribution in [3.63, 3.8) is 0 Å². The third-order valence-electron chi connectivity index (χ3n) is 4.97. The van der Waals surface area contributed by atoms with Crippen LogP contribution in [0, 0.1) is 11.3 Å². The van der Waals surface area contributed by atoms with Gasteiger partial charge in [-0.25, -0.2) is 0 Å². The van der Waals surface area contributed by atoms with E-state index in [4.69, 9.17) is 5.73 Å². The van der Waals surface area contributed by atoms with E-state index >= 15 is 0 Å². The van der Waals surface area contributed by atoms with Crippen molar-refractivity contribution in [1.82, 2.24) is 4.90 Å². The molecular weight excluding hydrogens is 350 g/mol. The molecule has 6 heteroatoms. The Hall–Kier alpha value is -1.59. The zero-order valence-corrected chi connectivity index (χ0v) is 17.3. The van der Waals surface area contributed by atoms with Crippen LogP contribution in [0.1, 0.15) is 45.6 Å².